The fraction of sp³-hybridized carbons (Fsp3) is 0.632. The summed E-state index contributed by atoms with van der Waals surface area (Å²) >= 11 is 0. The van der Waals surface area contributed by atoms with Crippen LogP contribution < -0.4 is 15.0 Å². The highest BCUT2D eigenvalue weighted by Crippen LogP contribution is 2.36. The summed E-state index contributed by atoms with van der Waals surface area (Å²) in [4.78, 5) is 14.2. The first kappa shape index (κ1) is 17.8. The van der Waals surface area contributed by atoms with Crippen molar-refractivity contribution in [1.29, 1.82) is 0 Å². The SMILES string of the molecule is CCCC[C@@H](C(=O)Nc1cccc2c1O[C@@H](C)C2)[NH+](CC)CC. The molecule has 128 valence electrons. The number of amides is 1. The molecule has 0 spiro atoms. The Morgan fingerprint density at radius 2 is 2.09 bits per heavy atom. The van der Waals surface area contributed by atoms with Crippen molar-refractivity contribution in [2.45, 2.75) is 65.5 Å². The average molecular weight is 319 g/mol. The number of ether oxygens (including phenoxy) is 1. The monoisotopic (exact) mass is 319 g/mol. The molecule has 4 nitrogen and oxygen atoms in total. The van der Waals surface area contributed by atoms with E-state index in [0.717, 1.165) is 50.2 Å². The van der Waals surface area contributed by atoms with Gasteiger partial charge in [-0.25, -0.2) is 0 Å². The number of para-hydroxylation sites is 1. The molecule has 1 aromatic rings. The maximum Gasteiger partial charge on any atom is 0.282 e. The molecule has 1 aliphatic heterocycles. The lowest BCUT2D eigenvalue weighted by atomic mass is 10.1. The number of likely N-dealkylation sites (N-methyl/N-ethyl adjacent to an activating group) is 1. The van der Waals surface area contributed by atoms with Crippen molar-refractivity contribution in [3.63, 3.8) is 0 Å². The largest absolute Gasteiger partial charge is 0.488 e. The molecule has 2 rings (SSSR count). The van der Waals surface area contributed by atoms with Crippen molar-refractivity contribution in [1.82, 2.24) is 0 Å². The number of carbonyl (C=O) groups excluding carboxylic acids is 1. The molecule has 0 unspecified atom stereocenters. The minimum absolute atomic E-state index is 0.0135. The quantitative estimate of drug-likeness (QED) is 0.773. The molecule has 0 aromatic heterocycles. The zero-order valence-corrected chi connectivity index (χ0v) is 14.9. The molecule has 1 amide bonds. The van der Waals surface area contributed by atoms with Crippen molar-refractivity contribution in [2.75, 3.05) is 18.4 Å². The Morgan fingerprint density at radius 3 is 2.74 bits per heavy atom. The Bertz CT molecular complexity index is 526. The first-order chi connectivity index (χ1) is 11.1. The third-order valence-corrected chi connectivity index (χ3v) is 4.74. The number of nitrogens with one attached hydrogen (secondary N) is 2. The lowest BCUT2D eigenvalue weighted by Gasteiger charge is -2.26. The normalized spacial score (nSPS) is 17.7. The van der Waals surface area contributed by atoms with Gasteiger partial charge in [-0.2, -0.15) is 0 Å². The number of hydrogen-bond donors (Lipinski definition) is 2. The molecule has 0 fully saturated rings. The van der Waals surface area contributed by atoms with Crippen molar-refractivity contribution < 1.29 is 14.4 Å². The van der Waals surface area contributed by atoms with Crippen LogP contribution in [0.4, 0.5) is 5.69 Å². The third kappa shape index (κ3) is 4.25. The van der Waals surface area contributed by atoms with Crippen LogP contribution in [0.25, 0.3) is 0 Å². The molecule has 23 heavy (non-hydrogen) atoms. The highest BCUT2D eigenvalue weighted by atomic mass is 16.5. The Kier molecular flexibility index (Phi) is 6.46. The van der Waals surface area contributed by atoms with E-state index in [9.17, 15) is 4.79 Å². The standard InChI is InChI=1S/C19H30N2O2/c1-5-8-12-17(21(6-2)7-3)19(22)20-16-11-9-10-15-13-14(4)23-18(15)16/h9-11,14,17H,5-8,12-13H2,1-4H3,(H,20,22)/p+1/t14-,17-/m0/s1. The Balaban J connectivity index is 2.14. The Morgan fingerprint density at radius 1 is 1.35 bits per heavy atom. The molecule has 2 N–H and O–H groups in total. The summed E-state index contributed by atoms with van der Waals surface area (Å²) in [7, 11) is 0. The van der Waals surface area contributed by atoms with Crippen LogP contribution in [-0.4, -0.2) is 31.1 Å². The summed E-state index contributed by atoms with van der Waals surface area (Å²) in [5.74, 6) is 0.978. The highest BCUT2D eigenvalue weighted by Gasteiger charge is 2.29. The maximum absolute atomic E-state index is 12.9. The first-order valence-electron chi connectivity index (χ1n) is 9.04. The molecular weight excluding hydrogens is 288 g/mol. The smallest absolute Gasteiger partial charge is 0.282 e. The fourth-order valence-electron chi connectivity index (χ4n) is 3.43. The second-order valence-corrected chi connectivity index (χ2v) is 6.48. The second-order valence-electron chi connectivity index (χ2n) is 6.48. The minimum atomic E-state index is 0.0135. The topological polar surface area (TPSA) is 42.8 Å². The lowest BCUT2D eigenvalue weighted by Crippen LogP contribution is -3.16. The summed E-state index contributed by atoms with van der Waals surface area (Å²) in [5.41, 5.74) is 2.01. The molecule has 0 saturated heterocycles. The molecule has 1 aromatic carbocycles. The van der Waals surface area contributed by atoms with Gasteiger partial charge in [0, 0.05) is 12.8 Å². The van der Waals surface area contributed by atoms with Crippen LogP contribution in [0.2, 0.25) is 0 Å². The predicted octanol–water partition coefficient (Wildman–Crippen LogP) is 2.43. The number of hydrogen-bond acceptors (Lipinski definition) is 2. The van der Waals surface area contributed by atoms with Crippen LogP contribution in [0.1, 0.15) is 52.5 Å². The van der Waals surface area contributed by atoms with Gasteiger partial charge in [0.25, 0.3) is 5.91 Å². The van der Waals surface area contributed by atoms with E-state index >= 15 is 0 Å². The van der Waals surface area contributed by atoms with Gasteiger partial charge in [-0.15, -0.1) is 0 Å². The fourth-order valence-corrected chi connectivity index (χ4v) is 3.43. The zero-order chi connectivity index (χ0) is 16.8. The van der Waals surface area contributed by atoms with E-state index in [0.29, 0.717) is 0 Å². The number of unbranched alkanes of at least 4 members (excludes halogenated alkanes) is 1. The summed E-state index contributed by atoms with van der Waals surface area (Å²) in [6, 6.07) is 6.04. The average Bonchev–Trinajstić information content (AvgIpc) is 2.92. The van der Waals surface area contributed by atoms with Gasteiger partial charge >= 0.3 is 0 Å². The number of carbonyl (C=O) groups is 1. The van der Waals surface area contributed by atoms with Crippen LogP contribution in [0.5, 0.6) is 5.75 Å². The second kappa shape index (κ2) is 8.34. The first-order valence-corrected chi connectivity index (χ1v) is 9.04. The van der Waals surface area contributed by atoms with Gasteiger partial charge in [0.1, 0.15) is 11.9 Å². The van der Waals surface area contributed by atoms with Crippen molar-refractivity contribution in [2.24, 2.45) is 0 Å². The van der Waals surface area contributed by atoms with E-state index in [1.165, 1.54) is 10.5 Å². The van der Waals surface area contributed by atoms with Crippen LogP contribution in [0, 0.1) is 0 Å². The van der Waals surface area contributed by atoms with Gasteiger partial charge < -0.3 is 15.0 Å². The van der Waals surface area contributed by atoms with E-state index in [1.807, 2.05) is 12.1 Å². The molecule has 0 aliphatic carbocycles. The lowest BCUT2D eigenvalue weighted by molar-refractivity contribution is -0.912. The van der Waals surface area contributed by atoms with Crippen LogP contribution in [0.15, 0.2) is 18.2 Å². The number of fused-ring (bicyclic) bond motifs is 1. The predicted molar refractivity (Wildman–Crippen MR) is 94.2 cm³/mol. The summed E-state index contributed by atoms with van der Waals surface area (Å²) in [6.07, 6.45) is 4.24. The maximum atomic E-state index is 12.9. The molecule has 1 heterocycles. The van der Waals surface area contributed by atoms with Gasteiger partial charge in [0.2, 0.25) is 0 Å². The van der Waals surface area contributed by atoms with Gasteiger partial charge in [-0.05, 0) is 38.8 Å². The van der Waals surface area contributed by atoms with E-state index in [4.69, 9.17) is 4.74 Å². The van der Waals surface area contributed by atoms with Gasteiger partial charge in [0.05, 0.1) is 18.8 Å². The Labute approximate surface area is 140 Å². The van der Waals surface area contributed by atoms with Crippen molar-refractivity contribution in [3.8, 4) is 5.75 Å². The van der Waals surface area contributed by atoms with Gasteiger partial charge in [-0.1, -0.05) is 25.5 Å². The van der Waals surface area contributed by atoms with Crippen LogP contribution >= 0.6 is 0 Å². The van der Waals surface area contributed by atoms with Crippen molar-refractivity contribution >= 4 is 11.6 Å². The van der Waals surface area contributed by atoms with Crippen LogP contribution in [-0.2, 0) is 11.2 Å². The van der Waals surface area contributed by atoms with E-state index in [-0.39, 0.29) is 18.1 Å². The third-order valence-electron chi connectivity index (χ3n) is 4.74. The zero-order valence-electron chi connectivity index (χ0n) is 14.9. The summed E-state index contributed by atoms with van der Waals surface area (Å²) < 4.78 is 5.89. The van der Waals surface area contributed by atoms with Gasteiger partial charge in [0.15, 0.2) is 6.04 Å². The van der Waals surface area contributed by atoms with E-state index < -0.39 is 0 Å². The molecule has 0 saturated carbocycles. The summed E-state index contributed by atoms with van der Waals surface area (Å²) in [6.45, 7) is 10.5. The van der Waals surface area contributed by atoms with Gasteiger partial charge in [-0.3, -0.25) is 4.79 Å². The molecule has 1 aliphatic rings. The molecule has 0 bridgehead atoms. The number of quaternary nitrogens is 1. The molecule has 0 radical (unpaired) electrons. The van der Waals surface area contributed by atoms with Crippen molar-refractivity contribution in [3.05, 3.63) is 23.8 Å². The van der Waals surface area contributed by atoms with E-state index in [1.54, 1.807) is 0 Å². The number of benzene rings is 1. The molecular formula is C19H31N2O2+. The number of anilines is 1. The number of rotatable bonds is 8. The molecule has 2 atom stereocenters. The van der Waals surface area contributed by atoms with Crippen LogP contribution in [0.3, 0.4) is 0 Å². The summed E-state index contributed by atoms with van der Waals surface area (Å²) in [5, 5.41) is 3.14. The Hall–Kier alpha value is -1.55. The molecule has 4 heteroatoms. The highest BCUT2D eigenvalue weighted by molar-refractivity contribution is 5.95. The minimum Gasteiger partial charge on any atom is -0.488 e. The van der Waals surface area contributed by atoms with E-state index in [2.05, 4.69) is 39.1 Å².